The van der Waals surface area contributed by atoms with Crippen molar-refractivity contribution >= 4 is 11.4 Å². The standard InChI is InChI=1S/C17H20N/c1-15-9-8-14-18(15,16-10-4-2-5-11-16)17-12-6-3-7-13-17/h2-7,10-13,15H,8-9,14H2,1H3/q+1. The Hall–Kier alpha value is -1.60. The Balaban J connectivity index is 2.17. The van der Waals surface area contributed by atoms with Crippen LogP contribution in [0.5, 0.6) is 0 Å². The molecule has 1 aliphatic heterocycles. The van der Waals surface area contributed by atoms with Gasteiger partial charge in [0.15, 0.2) is 0 Å². The Labute approximate surface area is 109 Å². The number of para-hydroxylation sites is 2. The van der Waals surface area contributed by atoms with E-state index in [-0.39, 0.29) is 0 Å². The predicted molar refractivity (Wildman–Crippen MR) is 77.9 cm³/mol. The van der Waals surface area contributed by atoms with Gasteiger partial charge < -0.3 is 0 Å². The van der Waals surface area contributed by atoms with Crippen molar-refractivity contribution in [2.24, 2.45) is 0 Å². The molecule has 1 heterocycles. The summed E-state index contributed by atoms with van der Waals surface area (Å²) in [5.41, 5.74) is 2.85. The molecule has 1 saturated heterocycles. The van der Waals surface area contributed by atoms with Gasteiger partial charge in [0, 0.05) is 12.8 Å². The summed E-state index contributed by atoms with van der Waals surface area (Å²) in [6, 6.07) is 22.6. The van der Waals surface area contributed by atoms with Crippen molar-refractivity contribution in [1.82, 2.24) is 4.48 Å². The lowest BCUT2D eigenvalue weighted by Gasteiger charge is -2.37. The fourth-order valence-electron chi connectivity index (χ4n) is 3.38. The topological polar surface area (TPSA) is 0 Å². The Kier molecular flexibility index (Phi) is 2.92. The quantitative estimate of drug-likeness (QED) is 0.675. The van der Waals surface area contributed by atoms with E-state index in [1.807, 2.05) is 0 Å². The van der Waals surface area contributed by atoms with Crippen LogP contribution in [0.2, 0.25) is 0 Å². The van der Waals surface area contributed by atoms with Crippen LogP contribution >= 0.6 is 0 Å². The highest BCUT2D eigenvalue weighted by molar-refractivity contribution is 5.59. The van der Waals surface area contributed by atoms with Gasteiger partial charge in [0.1, 0.15) is 11.4 Å². The number of rotatable bonds is 2. The van der Waals surface area contributed by atoms with Crippen LogP contribution in [-0.4, -0.2) is 12.6 Å². The fraction of sp³-hybridized carbons (Fsp3) is 0.294. The van der Waals surface area contributed by atoms with Gasteiger partial charge >= 0.3 is 0 Å². The van der Waals surface area contributed by atoms with Crippen LogP contribution in [0.25, 0.3) is 0 Å². The van der Waals surface area contributed by atoms with Crippen molar-refractivity contribution in [3.05, 3.63) is 60.7 Å². The third kappa shape index (κ3) is 1.67. The molecule has 0 spiro atoms. The minimum Gasteiger partial charge on any atom is -0.257 e. The molecule has 0 radical (unpaired) electrons. The van der Waals surface area contributed by atoms with Crippen molar-refractivity contribution in [3.63, 3.8) is 0 Å². The molecular weight excluding hydrogens is 218 g/mol. The van der Waals surface area contributed by atoms with Crippen molar-refractivity contribution < 1.29 is 0 Å². The van der Waals surface area contributed by atoms with Gasteiger partial charge in [-0.05, 0) is 31.2 Å². The summed E-state index contributed by atoms with van der Waals surface area (Å²) in [5, 5.41) is 0. The lowest BCUT2D eigenvalue weighted by atomic mass is 10.1. The molecule has 18 heavy (non-hydrogen) atoms. The smallest absolute Gasteiger partial charge is 0.138 e. The van der Waals surface area contributed by atoms with Crippen molar-refractivity contribution in [2.45, 2.75) is 25.8 Å². The molecule has 1 fully saturated rings. The number of nitrogens with zero attached hydrogens (tertiary/aromatic N) is 1. The van der Waals surface area contributed by atoms with Gasteiger partial charge in [0.05, 0.1) is 12.6 Å². The van der Waals surface area contributed by atoms with Gasteiger partial charge in [-0.1, -0.05) is 36.4 Å². The van der Waals surface area contributed by atoms with E-state index in [1.54, 1.807) is 0 Å². The molecule has 0 amide bonds. The molecular formula is C17H20N+. The molecule has 0 aromatic heterocycles. The third-order valence-corrected chi connectivity index (χ3v) is 4.32. The highest BCUT2D eigenvalue weighted by atomic mass is 15.4. The van der Waals surface area contributed by atoms with E-state index < -0.39 is 0 Å². The summed E-state index contributed by atoms with van der Waals surface area (Å²) in [6.45, 7) is 3.60. The zero-order valence-electron chi connectivity index (χ0n) is 10.9. The first-order valence-electron chi connectivity index (χ1n) is 6.83. The Bertz CT molecular complexity index is 464. The average Bonchev–Trinajstić information content (AvgIpc) is 2.84. The molecule has 1 nitrogen and oxygen atoms in total. The summed E-state index contributed by atoms with van der Waals surface area (Å²) >= 11 is 0. The lowest BCUT2D eigenvalue weighted by Crippen LogP contribution is -2.46. The van der Waals surface area contributed by atoms with Crippen molar-refractivity contribution in [2.75, 3.05) is 6.54 Å². The van der Waals surface area contributed by atoms with Crippen LogP contribution in [-0.2, 0) is 0 Å². The third-order valence-electron chi connectivity index (χ3n) is 4.32. The molecule has 1 aliphatic rings. The van der Waals surface area contributed by atoms with Gasteiger partial charge in [0.25, 0.3) is 0 Å². The molecule has 1 atom stereocenters. The Morgan fingerprint density at radius 3 is 1.72 bits per heavy atom. The van der Waals surface area contributed by atoms with Crippen LogP contribution < -0.4 is 4.48 Å². The second kappa shape index (κ2) is 4.58. The second-order valence-electron chi connectivity index (χ2n) is 5.25. The molecule has 2 aromatic rings. The molecule has 0 saturated carbocycles. The lowest BCUT2D eigenvalue weighted by molar-refractivity contribution is 0.376. The predicted octanol–water partition coefficient (Wildman–Crippen LogP) is 4.51. The van der Waals surface area contributed by atoms with Crippen LogP contribution in [0.3, 0.4) is 0 Å². The highest BCUT2D eigenvalue weighted by Gasteiger charge is 2.42. The number of hydrogen-bond donors (Lipinski definition) is 0. The van der Waals surface area contributed by atoms with E-state index in [1.165, 1.54) is 30.8 Å². The monoisotopic (exact) mass is 238 g/mol. The van der Waals surface area contributed by atoms with Crippen LogP contribution in [0.4, 0.5) is 11.4 Å². The minimum absolute atomic E-state index is 0.662. The maximum absolute atomic E-state index is 2.38. The number of benzene rings is 2. The molecule has 2 aromatic carbocycles. The molecule has 0 bridgehead atoms. The van der Waals surface area contributed by atoms with Crippen LogP contribution in [0.1, 0.15) is 19.8 Å². The van der Waals surface area contributed by atoms with E-state index in [9.17, 15) is 0 Å². The highest BCUT2D eigenvalue weighted by Crippen LogP contribution is 2.42. The number of quaternary nitrogens is 1. The zero-order chi connectivity index (χ0) is 12.4. The first kappa shape index (κ1) is 11.5. The zero-order valence-corrected chi connectivity index (χ0v) is 10.9. The van der Waals surface area contributed by atoms with Gasteiger partial charge in [-0.3, -0.25) is 4.48 Å². The molecule has 1 unspecified atom stereocenters. The Morgan fingerprint density at radius 2 is 1.33 bits per heavy atom. The van der Waals surface area contributed by atoms with Crippen molar-refractivity contribution in [1.29, 1.82) is 0 Å². The van der Waals surface area contributed by atoms with Gasteiger partial charge in [-0.15, -0.1) is 0 Å². The van der Waals surface area contributed by atoms with Gasteiger partial charge in [-0.25, -0.2) is 0 Å². The fourth-order valence-corrected chi connectivity index (χ4v) is 3.38. The van der Waals surface area contributed by atoms with E-state index in [0.717, 1.165) is 4.48 Å². The molecule has 3 rings (SSSR count). The molecule has 0 N–H and O–H groups in total. The van der Waals surface area contributed by atoms with Gasteiger partial charge in [0.2, 0.25) is 0 Å². The largest absolute Gasteiger partial charge is 0.257 e. The maximum atomic E-state index is 2.38. The van der Waals surface area contributed by atoms with E-state index in [0.29, 0.717) is 6.04 Å². The molecule has 1 heteroatoms. The summed E-state index contributed by atoms with van der Waals surface area (Å²) in [6.07, 6.45) is 2.62. The maximum Gasteiger partial charge on any atom is 0.138 e. The van der Waals surface area contributed by atoms with E-state index in [4.69, 9.17) is 0 Å². The first-order chi connectivity index (χ1) is 8.84. The summed E-state index contributed by atoms with van der Waals surface area (Å²) in [4.78, 5) is 0. The van der Waals surface area contributed by atoms with Crippen LogP contribution in [0, 0.1) is 0 Å². The summed E-state index contributed by atoms with van der Waals surface area (Å²) < 4.78 is 1.02. The normalized spacial score (nSPS) is 21.9. The Morgan fingerprint density at radius 1 is 0.833 bits per heavy atom. The molecule has 0 aliphatic carbocycles. The SMILES string of the molecule is CC1CCC[N+]1(c1ccccc1)c1ccccc1. The minimum atomic E-state index is 0.662. The summed E-state index contributed by atoms with van der Waals surface area (Å²) in [7, 11) is 0. The van der Waals surface area contributed by atoms with Gasteiger partial charge in [-0.2, -0.15) is 0 Å². The first-order valence-corrected chi connectivity index (χ1v) is 6.83. The van der Waals surface area contributed by atoms with E-state index in [2.05, 4.69) is 67.6 Å². The summed E-state index contributed by atoms with van der Waals surface area (Å²) in [5.74, 6) is 0. The molecule has 92 valence electrons. The second-order valence-corrected chi connectivity index (χ2v) is 5.25. The average molecular weight is 238 g/mol. The van der Waals surface area contributed by atoms with E-state index >= 15 is 0 Å². The number of hydrogen-bond acceptors (Lipinski definition) is 0. The van der Waals surface area contributed by atoms with Crippen LogP contribution in [0.15, 0.2) is 60.7 Å². The van der Waals surface area contributed by atoms with Crippen molar-refractivity contribution in [3.8, 4) is 0 Å².